The van der Waals surface area contributed by atoms with Gasteiger partial charge in [-0.25, -0.2) is 0 Å². The first kappa shape index (κ1) is 19.4. The van der Waals surface area contributed by atoms with E-state index in [-0.39, 0.29) is 0 Å². The van der Waals surface area contributed by atoms with E-state index >= 15 is 0 Å². The molecule has 1 aliphatic heterocycles. The number of furan rings is 1. The normalized spacial score (nSPS) is 14.8. The van der Waals surface area contributed by atoms with Crippen molar-refractivity contribution in [1.82, 2.24) is 15.2 Å². The van der Waals surface area contributed by atoms with E-state index in [4.69, 9.17) is 20.8 Å². The number of thioether (sulfide) groups is 1. The number of nitrogens with one attached hydrogen (secondary N) is 1. The first-order valence-corrected chi connectivity index (χ1v) is 11.2. The Bertz CT molecular complexity index is 1220. The molecule has 0 spiro atoms. The van der Waals surface area contributed by atoms with Gasteiger partial charge >= 0.3 is 0 Å². The zero-order valence-corrected chi connectivity index (χ0v) is 18.5. The van der Waals surface area contributed by atoms with Gasteiger partial charge in [0.15, 0.2) is 16.1 Å². The van der Waals surface area contributed by atoms with Crippen LogP contribution in [0.25, 0.3) is 11.3 Å². The molecule has 2 aromatic heterocycles. The topological polar surface area (TPSA) is 73.1 Å². The molecule has 0 fully saturated rings. The van der Waals surface area contributed by atoms with Crippen molar-refractivity contribution in [2.45, 2.75) is 17.1 Å². The molecule has 1 aliphatic rings. The van der Waals surface area contributed by atoms with E-state index in [1.54, 1.807) is 0 Å². The van der Waals surface area contributed by atoms with Gasteiger partial charge in [0.05, 0.1) is 0 Å². The van der Waals surface area contributed by atoms with Crippen LogP contribution in [0.3, 0.4) is 0 Å². The first-order chi connectivity index (χ1) is 14.7. The summed E-state index contributed by atoms with van der Waals surface area (Å²) in [6, 6.07) is 19.2. The van der Waals surface area contributed by atoms with Crippen molar-refractivity contribution in [3.8, 4) is 17.1 Å². The van der Waals surface area contributed by atoms with E-state index in [9.17, 15) is 0 Å². The highest BCUT2D eigenvalue weighted by molar-refractivity contribution is 9.10. The second kappa shape index (κ2) is 8.29. The van der Waals surface area contributed by atoms with Crippen molar-refractivity contribution in [3.63, 3.8) is 0 Å². The molecule has 0 bridgehead atoms. The zero-order valence-electron chi connectivity index (χ0n) is 15.4. The molecule has 30 heavy (non-hydrogen) atoms. The van der Waals surface area contributed by atoms with E-state index in [0.717, 1.165) is 16.8 Å². The fourth-order valence-corrected chi connectivity index (χ4v) is 4.45. The number of rotatable bonds is 4. The van der Waals surface area contributed by atoms with Gasteiger partial charge in [-0.05, 0) is 45.8 Å². The Kier molecular flexibility index (Phi) is 5.37. The first-order valence-electron chi connectivity index (χ1n) is 9.06. The number of benzene rings is 2. The van der Waals surface area contributed by atoms with Crippen LogP contribution in [0.15, 0.2) is 74.9 Å². The van der Waals surface area contributed by atoms with Crippen LogP contribution in [-0.4, -0.2) is 15.2 Å². The van der Waals surface area contributed by atoms with Gasteiger partial charge in [-0.3, -0.25) is 0 Å². The van der Waals surface area contributed by atoms with Crippen LogP contribution in [-0.2, 0) is 5.75 Å². The van der Waals surface area contributed by atoms with Crippen molar-refractivity contribution in [2.24, 2.45) is 0 Å². The lowest BCUT2D eigenvalue weighted by Gasteiger charge is -2.16. The van der Waals surface area contributed by atoms with Crippen LogP contribution in [0.4, 0.5) is 5.69 Å². The SMILES string of the molecule is Clc1ccccc1CSc1nnc2c(n1)O[C@H](c1ccc(Br)o1)Nc1ccccc1-2. The van der Waals surface area contributed by atoms with Crippen molar-refractivity contribution < 1.29 is 9.15 Å². The third-order valence-electron chi connectivity index (χ3n) is 4.50. The monoisotopic (exact) mass is 500 g/mol. The molecule has 0 saturated carbocycles. The average Bonchev–Trinajstić information content (AvgIpc) is 3.12. The third-order valence-corrected chi connectivity index (χ3v) is 6.18. The predicted octanol–water partition coefficient (Wildman–Crippen LogP) is 6.34. The van der Waals surface area contributed by atoms with Crippen LogP contribution in [0.5, 0.6) is 5.88 Å². The van der Waals surface area contributed by atoms with Crippen LogP contribution in [0, 0.1) is 0 Å². The second-order valence-electron chi connectivity index (χ2n) is 6.46. The zero-order chi connectivity index (χ0) is 20.5. The van der Waals surface area contributed by atoms with Gasteiger partial charge in [0.25, 0.3) is 0 Å². The molecule has 4 aromatic rings. The number of hydrogen-bond acceptors (Lipinski definition) is 7. The van der Waals surface area contributed by atoms with Gasteiger partial charge in [0, 0.05) is 22.0 Å². The van der Waals surface area contributed by atoms with Gasteiger partial charge in [-0.15, -0.1) is 10.2 Å². The minimum absolute atomic E-state index is 0.390. The lowest BCUT2D eigenvalue weighted by atomic mass is 10.1. The summed E-state index contributed by atoms with van der Waals surface area (Å²) in [5.41, 5.74) is 3.31. The average molecular weight is 502 g/mol. The highest BCUT2D eigenvalue weighted by Gasteiger charge is 2.27. The van der Waals surface area contributed by atoms with Crippen molar-refractivity contribution in [2.75, 3.05) is 5.32 Å². The molecule has 0 radical (unpaired) electrons. The molecule has 0 aliphatic carbocycles. The molecule has 5 rings (SSSR count). The summed E-state index contributed by atoms with van der Waals surface area (Å²) >= 11 is 11.0. The third kappa shape index (κ3) is 3.90. The summed E-state index contributed by atoms with van der Waals surface area (Å²) in [7, 11) is 0. The molecule has 150 valence electrons. The Hall–Kier alpha value is -2.55. The Labute approximate surface area is 190 Å². The summed E-state index contributed by atoms with van der Waals surface area (Å²) in [5.74, 6) is 1.64. The number of halogens is 2. The lowest BCUT2D eigenvalue weighted by Crippen LogP contribution is -2.16. The summed E-state index contributed by atoms with van der Waals surface area (Å²) in [4.78, 5) is 4.63. The molecule has 0 saturated heterocycles. The summed E-state index contributed by atoms with van der Waals surface area (Å²) in [5, 5.41) is 13.3. The molecule has 9 heteroatoms. The number of hydrogen-bond donors (Lipinski definition) is 1. The van der Waals surface area contributed by atoms with E-state index in [1.807, 2.05) is 60.7 Å². The summed E-state index contributed by atoms with van der Waals surface area (Å²) in [6.45, 7) is 0. The van der Waals surface area contributed by atoms with E-state index in [2.05, 4.69) is 36.4 Å². The van der Waals surface area contributed by atoms with Crippen LogP contribution >= 0.6 is 39.3 Å². The van der Waals surface area contributed by atoms with Crippen molar-refractivity contribution >= 4 is 45.0 Å². The van der Waals surface area contributed by atoms with Gasteiger partial charge in [-0.2, -0.15) is 4.98 Å². The quantitative estimate of drug-likeness (QED) is 0.327. The van der Waals surface area contributed by atoms with E-state index in [1.165, 1.54) is 11.8 Å². The summed E-state index contributed by atoms with van der Waals surface area (Å²) < 4.78 is 12.5. The molecular formula is C21H14BrClN4O2S. The highest BCUT2D eigenvalue weighted by atomic mass is 79.9. The number of aromatic nitrogens is 3. The second-order valence-corrected chi connectivity index (χ2v) is 8.59. The predicted molar refractivity (Wildman–Crippen MR) is 120 cm³/mol. The molecule has 0 unspecified atom stereocenters. The van der Waals surface area contributed by atoms with Crippen LogP contribution < -0.4 is 10.1 Å². The molecule has 6 nitrogen and oxygen atoms in total. The van der Waals surface area contributed by atoms with E-state index in [0.29, 0.717) is 37.9 Å². The van der Waals surface area contributed by atoms with Crippen LogP contribution in [0.1, 0.15) is 17.6 Å². The molecule has 1 atom stereocenters. The number of ether oxygens (including phenoxy) is 1. The maximum absolute atomic E-state index is 6.26. The standard InChI is InChI=1S/C21H14BrClN4O2S/c22-17-10-9-16(28-17)19-24-15-8-4-2-6-13(15)18-20(29-19)25-21(27-26-18)30-11-12-5-1-3-7-14(12)23/h1-10,19,24H,11H2/t19-/m1/s1. The van der Waals surface area contributed by atoms with Gasteiger partial charge in [0.2, 0.25) is 17.3 Å². The molecule has 0 amide bonds. The van der Waals surface area contributed by atoms with Gasteiger partial charge in [-0.1, -0.05) is 59.8 Å². The van der Waals surface area contributed by atoms with Crippen molar-refractivity contribution in [3.05, 3.63) is 81.7 Å². The van der Waals surface area contributed by atoms with Gasteiger partial charge in [0.1, 0.15) is 0 Å². The lowest BCUT2D eigenvalue weighted by molar-refractivity contribution is 0.194. The number of nitrogens with zero attached hydrogens (tertiary/aromatic N) is 3. The van der Waals surface area contributed by atoms with Crippen molar-refractivity contribution in [1.29, 1.82) is 0 Å². The Balaban J connectivity index is 1.49. The minimum Gasteiger partial charge on any atom is -0.448 e. The smallest absolute Gasteiger partial charge is 0.247 e. The number of para-hydroxylation sites is 1. The maximum Gasteiger partial charge on any atom is 0.247 e. The Morgan fingerprint density at radius 1 is 1.03 bits per heavy atom. The fourth-order valence-electron chi connectivity index (χ4n) is 3.06. The summed E-state index contributed by atoms with van der Waals surface area (Å²) in [6.07, 6.45) is -0.559. The highest BCUT2D eigenvalue weighted by Crippen LogP contribution is 2.40. The Morgan fingerprint density at radius 2 is 1.87 bits per heavy atom. The number of anilines is 1. The fraction of sp³-hybridized carbons (Fsp3) is 0.0952. The molecular weight excluding hydrogens is 488 g/mol. The molecule has 3 heterocycles. The van der Waals surface area contributed by atoms with Gasteiger partial charge < -0.3 is 14.5 Å². The molecule has 1 N–H and O–H groups in total. The maximum atomic E-state index is 6.26. The van der Waals surface area contributed by atoms with Crippen LogP contribution in [0.2, 0.25) is 5.02 Å². The molecule has 2 aromatic carbocycles. The van der Waals surface area contributed by atoms with E-state index < -0.39 is 6.23 Å². The largest absolute Gasteiger partial charge is 0.448 e. The minimum atomic E-state index is -0.559. The Morgan fingerprint density at radius 3 is 2.70 bits per heavy atom. The number of fused-ring (bicyclic) bond motifs is 3.